The highest BCUT2D eigenvalue weighted by atomic mass is 35.5. The maximum atomic E-state index is 13.5. The number of carbonyl (C=O) groups is 1. The third-order valence-corrected chi connectivity index (χ3v) is 5.45. The smallest absolute Gasteiger partial charge is 0.295 e. The summed E-state index contributed by atoms with van der Waals surface area (Å²) in [6.45, 7) is 0. The van der Waals surface area contributed by atoms with Crippen LogP contribution in [0.15, 0.2) is 60.7 Å². The maximum Gasteiger partial charge on any atom is 0.295 e. The fourth-order valence-electron chi connectivity index (χ4n) is 3.08. The topological polar surface area (TPSA) is 78.3 Å². The van der Waals surface area contributed by atoms with E-state index in [1.54, 1.807) is 48.5 Å². The second-order valence-electron chi connectivity index (χ2n) is 6.80. The molecule has 3 aromatic carbocycles. The average molecular weight is 487 g/mol. The zero-order chi connectivity index (χ0) is 23.5. The van der Waals surface area contributed by atoms with Crippen LogP contribution in [0.2, 0.25) is 10.0 Å². The molecule has 4 aromatic rings. The molecule has 0 radical (unpaired) electrons. The number of rotatable bonds is 6. The largest absolute Gasteiger partial charge is 0.497 e. The molecule has 33 heavy (non-hydrogen) atoms. The molecule has 0 unspecified atom stereocenters. The lowest BCUT2D eigenvalue weighted by Gasteiger charge is -2.10. The van der Waals surface area contributed by atoms with Crippen LogP contribution in [-0.4, -0.2) is 34.9 Å². The van der Waals surface area contributed by atoms with E-state index in [9.17, 15) is 9.18 Å². The summed E-state index contributed by atoms with van der Waals surface area (Å²) in [5.74, 6) is 0.187. The van der Waals surface area contributed by atoms with Crippen molar-refractivity contribution in [2.24, 2.45) is 0 Å². The molecule has 10 heteroatoms. The summed E-state index contributed by atoms with van der Waals surface area (Å²) in [5.41, 5.74) is 1.46. The van der Waals surface area contributed by atoms with Gasteiger partial charge >= 0.3 is 0 Å². The Morgan fingerprint density at radius 3 is 2.39 bits per heavy atom. The predicted molar refractivity (Wildman–Crippen MR) is 124 cm³/mol. The van der Waals surface area contributed by atoms with E-state index in [0.717, 1.165) is 0 Å². The Hall–Kier alpha value is -3.62. The molecule has 1 N–H and O–H groups in total. The van der Waals surface area contributed by atoms with Crippen LogP contribution >= 0.6 is 23.2 Å². The summed E-state index contributed by atoms with van der Waals surface area (Å²) in [6.07, 6.45) is 0. The Morgan fingerprint density at radius 1 is 0.970 bits per heavy atom. The van der Waals surface area contributed by atoms with E-state index in [1.807, 2.05) is 0 Å². The standard InChI is InChI=1S/C23H17Cl2FN4O3/c1-32-16-8-10-20(33-2)19(12-16)27-23(31)21-28-22(13-3-5-14(26)6-4-13)30(29-21)15-7-9-17(24)18(25)11-15/h3-12H,1-2H3,(H,27,31). The van der Waals surface area contributed by atoms with Crippen molar-refractivity contribution in [1.29, 1.82) is 0 Å². The van der Waals surface area contributed by atoms with Gasteiger partial charge in [-0.3, -0.25) is 4.79 Å². The number of nitrogens with one attached hydrogen (secondary N) is 1. The second kappa shape index (κ2) is 9.48. The van der Waals surface area contributed by atoms with Gasteiger partial charge in [-0.25, -0.2) is 14.1 Å². The molecule has 0 aliphatic carbocycles. The first-order chi connectivity index (χ1) is 15.9. The Bertz CT molecular complexity index is 1330. The van der Waals surface area contributed by atoms with Crippen LogP contribution < -0.4 is 14.8 Å². The number of halogens is 3. The SMILES string of the molecule is COc1ccc(OC)c(NC(=O)c2nc(-c3ccc(F)cc3)n(-c3ccc(Cl)c(Cl)c3)n2)c1. The van der Waals surface area contributed by atoms with Gasteiger partial charge in [0.15, 0.2) is 5.82 Å². The number of ether oxygens (including phenoxy) is 2. The number of anilines is 1. The zero-order valence-corrected chi connectivity index (χ0v) is 19.0. The highest BCUT2D eigenvalue weighted by molar-refractivity contribution is 6.42. The number of carbonyl (C=O) groups excluding carboxylic acids is 1. The van der Waals surface area contributed by atoms with Crippen LogP contribution in [-0.2, 0) is 0 Å². The van der Waals surface area contributed by atoms with Crippen LogP contribution in [0.3, 0.4) is 0 Å². The Morgan fingerprint density at radius 2 is 1.73 bits per heavy atom. The summed E-state index contributed by atoms with van der Waals surface area (Å²) >= 11 is 12.2. The van der Waals surface area contributed by atoms with Crippen molar-refractivity contribution in [3.05, 3.63) is 82.4 Å². The lowest BCUT2D eigenvalue weighted by Crippen LogP contribution is -2.15. The molecule has 0 fully saturated rings. The van der Waals surface area contributed by atoms with Crippen molar-refractivity contribution in [3.63, 3.8) is 0 Å². The molecule has 0 bridgehead atoms. The zero-order valence-electron chi connectivity index (χ0n) is 17.5. The van der Waals surface area contributed by atoms with Crippen LogP contribution in [0.25, 0.3) is 17.1 Å². The highest BCUT2D eigenvalue weighted by Crippen LogP contribution is 2.30. The molecular weight excluding hydrogens is 470 g/mol. The Labute approximate surface area is 198 Å². The fraction of sp³-hybridized carbons (Fsp3) is 0.0870. The minimum absolute atomic E-state index is 0.120. The summed E-state index contributed by atoms with van der Waals surface area (Å²) in [4.78, 5) is 17.4. The lowest BCUT2D eigenvalue weighted by atomic mass is 10.2. The van der Waals surface area contributed by atoms with Crippen molar-refractivity contribution in [2.75, 3.05) is 19.5 Å². The third-order valence-electron chi connectivity index (χ3n) is 4.72. The van der Waals surface area contributed by atoms with E-state index in [0.29, 0.717) is 44.3 Å². The van der Waals surface area contributed by atoms with E-state index < -0.39 is 11.7 Å². The minimum Gasteiger partial charge on any atom is -0.497 e. The summed E-state index contributed by atoms with van der Waals surface area (Å²) in [5, 5.41) is 7.78. The highest BCUT2D eigenvalue weighted by Gasteiger charge is 2.21. The van der Waals surface area contributed by atoms with Crippen LogP contribution in [0.4, 0.5) is 10.1 Å². The molecule has 1 heterocycles. The minimum atomic E-state index is -0.580. The third kappa shape index (κ3) is 4.76. The molecule has 0 saturated carbocycles. The number of aromatic nitrogens is 3. The van der Waals surface area contributed by atoms with Gasteiger partial charge in [-0.1, -0.05) is 23.2 Å². The van der Waals surface area contributed by atoms with Crippen molar-refractivity contribution in [2.45, 2.75) is 0 Å². The number of nitrogens with zero attached hydrogens (tertiary/aromatic N) is 3. The first-order valence-electron chi connectivity index (χ1n) is 9.61. The fourth-order valence-corrected chi connectivity index (χ4v) is 3.37. The van der Waals surface area contributed by atoms with Gasteiger partial charge in [0.2, 0.25) is 5.82 Å². The van der Waals surface area contributed by atoms with E-state index in [2.05, 4.69) is 15.4 Å². The number of benzene rings is 3. The van der Waals surface area contributed by atoms with Gasteiger partial charge in [0.25, 0.3) is 5.91 Å². The molecule has 1 aromatic heterocycles. The van der Waals surface area contributed by atoms with Gasteiger partial charge in [0.05, 0.1) is 35.6 Å². The molecule has 0 spiro atoms. The van der Waals surface area contributed by atoms with Crippen molar-refractivity contribution >= 4 is 34.8 Å². The molecule has 0 atom stereocenters. The Kier molecular flexibility index (Phi) is 6.48. The lowest BCUT2D eigenvalue weighted by molar-refractivity contribution is 0.101. The van der Waals surface area contributed by atoms with E-state index >= 15 is 0 Å². The molecule has 7 nitrogen and oxygen atoms in total. The van der Waals surface area contributed by atoms with Gasteiger partial charge in [-0.2, -0.15) is 0 Å². The van der Waals surface area contributed by atoms with Crippen LogP contribution in [0, 0.1) is 5.82 Å². The van der Waals surface area contributed by atoms with Crippen LogP contribution in [0.5, 0.6) is 11.5 Å². The van der Waals surface area contributed by atoms with Crippen molar-refractivity contribution < 1.29 is 18.7 Å². The van der Waals surface area contributed by atoms with Crippen molar-refractivity contribution in [1.82, 2.24) is 14.8 Å². The van der Waals surface area contributed by atoms with E-state index in [4.69, 9.17) is 32.7 Å². The van der Waals surface area contributed by atoms with Gasteiger partial charge < -0.3 is 14.8 Å². The maximum absolute atomic E-state index is 13.5. The first kappa shape index (κ1) is 22.6. The first-order valence-corrected chi connectivity index (χ1v) is 10.4. The molecule has 1 amide bonds. The van der Waals surface area contributed by atoms with Gasteiger partial charge in [-0.05, 0) is 54.6 Å². The molecule has 0 saturated heterocycles. The van der Waals surface area contributed by atoms with Crippen LogP contribution in [0.1, 0.15) is 10.6 Å². The summed E-state index contributed by atoms with van der Waals surface area (Å²) < 4.78 is 25.4. The molecule has 0 aliphatic heterocycles. The number of hydrogen-bond acceptors (Lipinski definition) is 5. The van der Waals surface area contributed by atoms with Gasteiger partial charge in [0, 0.05) is 11.6 Å². The van der Waals surface area contributed by atoms with Gasteiger partial charge in [0.1, 0.15) is 17.3 Å². The Balaban J connectivity index is 1.77. The monoisotopic (exact) mass is 486 g/mol. The molecular formula is C23H17Cl2FN4O3. The molecule has 168 valence electrons. The summed E-state index contributed by atoms with van der Waals surface area (Å²) in [6, 6.07) is 15.6. The number of hydrogen-bond donors (Lipinski definition) is 1. The number of methoxy groups -OCH3 is 2. The normalized spacial score (nSPS) is 10.7. The molecule has 4 rings (SSSR count). The van der Waals surface area contributed by atoms with E-state index in [-0.39, 0.29) is 5.82 Å². The molecule has 0 aliphatic rings. The summed E-state index contributed by atoms with van der Waals surface area (Å²) in [7, 11) is 3.00. The van der Waals surface area contributed by atoms with E-state index in [1.165, 1.54) is 31.0 Å². The van der Waals surface area contributed by atoms with Gasteiger partial charge in [-0.15, -0.1) is 5.10 Å². The van der Waals surface area contributed by atoms with Crippen molar-refractivity contribution in [3.8, 4) is 28.6 Å². The predicted octanol–water partition coefficient (Wildman–Crippen LogP) is 5.65. The quantitative estimate of drug-likeness (QED) is 0.380. The average Bonchev–Trinajstić information content (AvgIpc) is 3.27. The number of amides is 1. The second-order valence-corrected chi connectivity index (χ2v) is 7.61.